The van der Waals surface area contributed by atoms with E-state index in [1.807, 2.05) is 30.3 Å². The zero-order valence-electron chi connectivity index (χ0n) is 18.7. The van der Waals surface area contributed by atoms with Gasteiger partial charge in [0, 0.05) is 55.7 Å². The Kier molecular flexibility index (Phi) is 6.09. The fraction of sp³-hybridized carbons (Fsp3) is 0.308. The van der Waals surface area contributed by atoms with E-state index in [0.717, 1.165) is 29.7 Å². The first-order valence-electron chi connectivity index (χ1n) is 11.3. The monoisotopic (exact) mass is 444 g/mol. The van der Waals surface area contributed by atoms with E-state index in [-0.39, 0.29) is 25.2 Å². The van der Waals surface area contributed by atoms with Gasteiger partial charge in [-0.3, -0.25) is 9.69 Å². The van der Waals surface area contributed by atoms with Gasteiger partial charge < -0.3 is 19.7 Å². The molecular formula is C26H28N4O3. The fourth-order valence-corrected chi connectivity index (χ4v) is 4.63. The molecule has 0 spiro atoms. The summed E-state index contributed by atoms with van der Waals surface area (Å²) < 4.78 is 8.28. The number of pyridine rings is 1. The molecule has 3 heterocycles. The maximum atomic E-state index is 12.8. The molecule has 7 heteroatoms. The summed E-state index contributed by atoms with van der Waals surface area (Å²) in [6.45, 7) is 3.10. The van der Waals surface area contributed by atoms with E-state index >= 15 is 0 Å². The summed E-state index contributed by atoms with van der Waals surface area (Å²) in [6.07, 6.45) is 1.98. The molecule has 2 aromatic carbocycles. The van der Waals surface area contributed by atoms with E-state index < -0.39 is 0 Å². The highest BCUT2D eigenvalue weighted by Gasteiger charge is 2.26. The summed E-state index contributed by atoms with van der Waals surface area (Å²) in [7, 11) is 2.08. The van der Waals surface area contributed by atoms with Gasteiger partial charge in [0.1, 0.15) is 6.10 Å². The Morgan fingerprint density at radius 3 is 2.82 bits per heavy atom. The Bertz CT molecular complexity index is 1300. The first kappa shape index (κ1) is 21.6. The van der Waals surface area contributed by atoms with Crippen molar-refractivity contribution in [2.45, 2.75) is 12.6 Å². The number of para-hydroxylation sites is 2. The second-order valence-corrected chi connectivity index (χ2v) is 8.47. The van der Waals surface area contributed by atoms with Crippen LogP contribution in [0.1, 0.15) is 27.7 Å². The molecule has 33 heavy (non-hydrogen) atoms. The summed E-state index contributed by atoms with van der Waals surface area (Å²) in [4.78, 5) is 20.0. The van der Waals surface area contributed by atoms with Gasteiger partial charge in [-0.2, -0.15) is 0 Å². The maximum absolute atomic E-state index is 12.8. The van der Waals surface area contributed by atoms with Gasteiger partial charge in [-0.05, 0) is 23.8 Å². The number of amides is 1. The minimum absolute atomic E-state index is 0.101. The predicted octanol–water partition coefficient (Wildman–Crippen LogP) is 3.02. The highest BCUT2D eigenvalue weighted by atomic mass is 16.5. The van der Waals surface area contributed by atoms with E-state index in [4.69, 9.17) is 14.8 Å². The third kappa shape index (κ3) is 4.35. The Morgan fingerprint density at radius 1 is 1.18 bits per heavy atom. The molecule has 4 aromatic rings. The van der Waals surface area contributed by atoms with Crippen LogP contribution in [-0.2, 0) is 18.3 Å². The van der Waals surface area contributed by atoms with Gasteiger partial charge in [-0.15, -0.1) is 0 Å². The van der Waals surface area contributed by atoms with E-state index in [1.165, 1.54) is 16.5 Å². The Balaban J connectivity index is 1.42. The number of nitrogens with one attached hydrogen (secondary N) is 1. The molecule has 1 aliphatic heterocycles. The smallest absolute Gasteiger partial charge is 0.252 e. The number of rotatable bonds is 6. The van der Waals surface area contributed by atoms with Gasteiger partial charge in [-0.25, -0.2) is 4.98 Å². The maximum Gasteiger partial charge on any atom is 0.252 e. The first-order chi connectivity index (χ1) is 16.1. The van der Waals surface area contributed by atoms with Crippen molar-refractivity contribution in [2.24, 2.45) is 7.05 Å². The van der Waals surface area contributed by atoms with Crippen LogP contribution >= 0.6 is 0 Å². The van der Waals surface area contributed by atoms with Gasteiger partial charge >= 0.3 is 0 Å². The number of aliphatic hydroxyl groups is 1. The van der Waals surface area contributed by atoms with Gasteiger partial charge in [0.05, 0.1) is 30.0 Å². The van der Waals surface area contributed by atoms with Crippen LogP contribution in [0.4, 0.5) is 0 Å². The highest BCUT2D eigenvalue weighted by Crippen LogP contribution is 2.28. The van der Waals surface area contributed by atoms with Crippen LogP contribution in [0, 0.1) is 0 Å². The lowest BCUT2D eigenvalue weighted by atomic mass is 10.0. The van der Waals surface area contributed by atoms with Crippen LogP contribution in [0.25, 0.3) is 21.8 Å². The van der Waals surface area contributed by atoms with Crippen LogP contribution in [-0.4, -0.2) is 58.3 Å². The predicted molar refractivity (Wildman–Crippen MR) is 128 cm³/mol. The normalized spacial score (nSPS) is 17.0. The zero-order valence-corrected chi connectivity index (χ0v) is 18.7. The molecule has 1 aliphatic rings. The van der Waals surface area contributed by atoms with E-state index in [0.29, 0.717) is 18.7 Å². The number of nitrogens with zero attached hydrogens (tertiary/aromatic N) is 3. The van der Waals surface area contributed by atoms with Crippen molar-refractivity contribution in [3.63, 3.8) is 0 Å². The summed E-state index contributed by atoms with van der Waals surface area (Å²) in [5, 5.41) is 13.9. The molecule has 1 amide bonds. The molecule has 1 saturated heterocycles. The quantitative estimate of drug-likeness (QED) is 0.478. The second-order valence-electron chi connectivity index (χ2n) is 8.47. The number of carbonyl (C=O) groups excluding carboxylic acids is 1. The molecular weight excluding hydrogens is 416 g/mol. The van der Waals surface area contributed by atoms with E-state index in [2.05, 4.69) is 52.3 Å². The molecule has 2 N–H and O–H groups in total. The molecule has 170 valence electrons. The lowest BCUT2D eigenvalue weighted by Gasteiger charge is -2.32. The van der Waals surface area contributed by atoms with E-state index in [9.17, 15) is 4.79 Å². The first-order valence-corrected chi connectivity index (χ1v) is 11.3. The molecule has 1 atom stereocenters. The number of hydrogen-bond donors (Lipinski definition) is 2. The Labute approximate surface area is 192 Å². The average Bonchev–Trinajstić information content (AvgIpc) is 3.17. The van der Waals surface area contributed by atoms with Crippen LogP contribution in [0.2, 0.25) is 0 Å². The summed E-state index contributed by atoms with van der Waals surface area (Å²) >= 11 is 0. The molecule has 0 saturated carbocycles. The van der Waals surface area contributed by atoms with Crippen molar-refractivity contribution in [2.75, 3.05) is 32.8 Å². The number of ether oxygens (including phenoxy) is 1. The van der Waals surface area contributed by atoms with Gasteiger partial charge in [0.2, 0.25) is 0 Å². The minimum Gasteiger partial charge on any atom is -0.395 e. The molecule has 2 aromatic heterocycles. The molecule has 5 rings (SSSR count). The Hall–Kier alpha value is -3.26. The number of aliphatic hydroxyl groups excluding tert-OH is 1. The van der Waals surface area contributed by atoms with Crippen LogP contribution in [0.5, 0.6) is 0 Å². The number of aromatic nitrogens is 2. The number of carbonyl (C=O) groups is 1. The third-order valence-electron chi connectivity index (χ3n) is 6.23. The lowest BCUT2D eigenvalue weighted by Crippen LogP contribution is -2.38. The molecule has 0 bridgehead atoms. The van der Waals surface area contributed by atoms with Crippen molar-refractivity contribution < 1.29 is 14.6 Å². The van der Waals surface area contributed by atoms with E-state index in [1.54, 1.807) is 0 Å². The summed E-state index contributed by atoms with van der Waals surface area (Å²) in [5.74, 6) is -0.215. The highest BCUT2D eigenvalue weighted by molar-refractivity contribution is 6.06. The number of morpholine rings is 1. The fourth-order valence-electron chi connectivity index (χ4n) is 4.63. The molecule has 1 fully saturated rings. The third-order valence-corrected chi connectivity index (χ3v) is 6.23. The van der Waals surface area contributed by atoms with Gasteiger partial charge in [-0.1, -0.05) is 36.4 Å². The molecule has 1 unspecified atom stereocenters. The largest absolute Gasteiger partial charge is 0.395 e. The molecule has 0 radical (unpaired) electrons. The van der Waals surface area contributed by atoms with Crippen molar-refractivity contribution >= 4 is 27.7 Å². The van der Waals surface area contributed by atoms with Gasteiger partial charge in [0.15, 0.2) is 0 Å². The topological polar surface area (TPSA) is 79.6 Å². The van der Waals surface area contributed by atoms with Crippen LogP contribution in [0.3, 0.4) is 0 Å². The van der Waals surface area contributed by atoms with Crippen molar-refractivity contribution in [1.82, 2.24) is 19.8 Å². The number of benzene rings is 2. The average molecular weight is 445 g/mol. The van der Waals surface area contributed by atoms with Crippen LogP contribution < -0.4 is 5.32 Å². The molecule has 7 nitrogen and oxygen atoms in total. The standard InChI is InChI=1S/C26H28N4O3/c1-29-15-18(19-6-3-5-9-24(19)29)16-30-11-13-33-25(17-30)23-14-21(26(32)27-10-12-31)20-7-2-4-8-22(20)28-23/h2-9,14-15,25,31H,10-13,16-17H2,1H3,(H,27,32). The van der Waals surface area contributed by atoms with Crippen molar-refractivity contribution in [3.05, 3.63) is 77.6 Å². The van der Waals surface area contributed by atoms with Gasteiger partial charge in [0.25, 0.3) is 5.91 Å². The second kappa shape index (κ2) is 9.31. The Morgan fingerprint density at radius 2 is 1.97 bits per heavy atom. The van der Waals surface area contributed by atoms with Crippen molar-refractivity contribution in [1.29, 1.82) is 0 Å². The number of aryl methyl sites for hydroxylation is 1. The van der Waals surface area contributed by atoms with Crippen LogP contribution in [0.15, 0.2) is 60.8 Å². The summed E-state index contributed by atoms with van der Waals surface area (Å²) in [6, 6.07) is 17.9. The lowest BCUT2D eigenvalue weighted by molar-refractivity contribution is -0.0347. The number of fused-ring (bicyclic) bond motifs is 2. The molecule has 0 aliphatic carbocycles. The van der Waals surface area contributed by atoms with Crippen molar-refractivity contribution in [3.8, 4) is 0 Å². The summed E-state index contributed by atoms with van der Waals surface area (Å²) in [5.41, 5.74) is 4.60. The number of hydrogen-bond acceptors (Lipinski definition) is 5. The SMILES string of the molecule is Cn1cc(CN2CCOC(c3cc(C(=O)NCCO)c4ccccc4n3)C2)c2ccccc21. The zero-order chi connectivity index (χ0) is 22.8. The minimum atomic E-state index is -0.220.